The largest absolute Gasteiger partial charge is 0.493 e. The van der Waals surface area contributed by atoms with Crippen molar-refractivity contribution in [2.75, 3.05) is 6.61 Å². The lowest BCUT2D eigenvalue weighted by Crippen LogP contribution is -2.20. The molecule has 1 aliphatic carbocycles. The topological polar surface area (TPSA) is 81.8 Å². The smallest absolute Gasteiger partial charge is 0.303 e. The summed E-state index contributed by atoms with van der Waals surface area (Å²) in [5.74, 6) is 2.06. The Kier molecular flexibility index (Phi) is 7.66. The van der Waals surface area contributed by atoms with E-state index >= 15 is 0 Å². The highest BCUT2D eigenvalue weighted by atomic mass is 16.5. The highest BCUT2D eigenvalue weighted by Gasteiger charge is 2.18. The van der Waals surface area contributed by atoms with Crippen molar-refractivity contribution in [2.24, 2.45) is 0 Å². The molecule has 174 valence electrons. The van der Waals surface area contributed by atoms with Crippen LogP contribution < -0.4 is 9.47 Å². The Morgan fingerprint density at radius 1 is 1.09 bits per heavy atom. The summed E-state index contributed by atoms with van der Waals surface area (Å²) in [6.45, 7) is 2.38. The van der Waals surface area contributed by atoms with Crippen LogP contribution in [0.25, 0.3) is 11.5 Å². The third-order valence-corrected chi connectivity index (χ3v) is 6.01. The van der Waals surface area contributed by atoms with Gasteiger partial charge in [-0.25, -0.2) is 4.98 Å². The summed E-state index contributed by atoms with van der Waals surface area (Å²) in [5.41, 5.74) is 2.75. The normalized spacial score (nSPS) is 14.2. The van der Waals surface area contributed by atoms with Crippen LogP contribution in [0.3, 0.4) is 0 Å². The van der Waals surface area contributed by atoms with Gasteiger partial charge in [-0.2, -0.15) is 0 Å². The molecule has 0 aliphatic heterocycles. The molecule has 33 heavy (non-hydrogen) atoms. The molecule has 1 N–H and O–H groups in total. The number of benzene rings is 2. The quantitative estimate of drug-likeness (QED) is 0.409. The van der Waals surface area contributed by atoms with Gasteiger partial charge in [-0.05, 0) is 62.8 Å². The number of rotatable bonds is 10. The summed E-state index contributed by atoms with van der Waals surface area (Å²) >= 11 is 0. The molecule has 0 saturated heterocycles. The van der Waals surface area contributed by atoms with Gasteiger partial charge < -0.3 is 19.0 Å². The molecule has 6 heteroatoms. The van der Waals surface area contributed by atoms with Crippen LogP contribution in [0.4, 0.5) is 0 Å². The number of aromatic nitrogens is 1. The summed E-state index contributed by atoms with van der Waals surface area (Å²) in [6, 6.07) is 15.6. The van der Waals surface area contributed by atoms with Gasteiger partial charge in [-0.3, -0.25) is 4.79 Å². The van der Waals surface area contributed by atoms with Crippen molar-refractivity contribution in [3.05, 3.63) is 65.5 Å². The predicted molar refractivity (Wildman–Crippen MR) is 126 cm³/mol. The van der Waals surface area contributed by atoms with Crippen molar-refractivity contribution >= 4 is 5.97 Å². The molecule has 0 spiro atoms. The maximum absolute atomic E-state index is 11.1. The Morgan fingerprint density at radius 3 is 2.64 bits per heavy atom. The van der Waals surface area contributed by atoms with Gasteiger partial charge in [0.25, 0.3) is 0 Å². The first-order chi connectivity index (χ1) is 16.1. The van der Waals surface area contributed by atoms with E-state index in [-0.39, 0.29) is 12.5 Å². The second-order valence-corrected chi connectivity index (χ2v) is 8.53. The minimum atomic E-state index is -0.809. The van der Waals surface area contributed by atoms with Crippen molar-refractivity contribution in [1.29, 1.82) is 0 Å². The fourth-order valence-corrected chi connectivity index (χ4v) is 4.17. The summed E-state index contributed by atoms with van der Waals surface area (Å²) in [7, 11) is 0. The van der Waals surface area contributed by atoms with E-state index in [9.17, 15) is 4.79 Å². The number of carboxylic acids is 1. The fraction of sp³-hybridized carbons (Fsp3) is 0.407. The van der Waals surface area contributed by atoms with E-state index < -0.39 is 5.97 Å². The molecule has 1 heterocycles. The molecule has 1 fully saturated rings. The van der Waals surface area contributed by atoms with E-state index in [1.807, 2.05) is 55.5 Å². The molecule has 1 saturated carbocycles. The third-order valence-electron chi connectivity index (χ3n) is 6.01. The number of aryl methyl sites for hydroxylation is 2. The zero-order chi connectivity index (χ0) is 23.0. The van der Waals surface area contributed by atoms with Crippen LogP contribution in [0.2, 0.25) is 0 Å². The molecular weight excluding hydrogens is 418 g/mol. The second kappa shape index (κ2) is 11.0. The van der Waals surface area contributed by atoms with Crippen LogP contribution in [0.5, 0.6) is 11.5 Å². The van der Waals surface area contributed by atoms with Crippen LogP contribution in [-0.2, 0) is 17.6 Å². The van der Waals surface area contributed by atoms with Crippen molar-refractivity contribution in [1.82, 2.24) is 4.98 Å². The van der Waals surface area contributed by atoms with E-state index in [0.29, 0.717) is 31.1 Å². The maximum atomic E-state index is 11.1. The molecule has 1 aliphatic rings. The lowest BCUT2D eigenvalue weighted by Gasteiger charge is -2.24. The van der Waals surface area contributed by atoms with Crippen LogP contribution in [-0.4, -0.2) is 28.8 Å². The van der Waals surface area contributed by atoms with Gasteiger partial charge in [0.15, 0.2) is 0 Å². The predicted octanol–water partition coefficient (Wildman–Crippen LogP) is 6.00. The first-order valence-electron chi connectivity index (χ1n) is 11.7. The van der Waals surface area contributed by atoms with Crippen molar-refractivity contribution < 1.29 is 23.8 Å². The Morgan fingerprint density at radius 2 is 1.88 bits per heavy atom. The molecule has 0 bridgehead atoms. The zero-order valence-electron chi connectivity index (χ0n) is 19.1. The van der Waals surface area contributed by atoms with Crippen molar-refractivity contribution in [2.45, 2.75) is 64.4 Å². The number of aliphatic carboxylic acids is 1. The minimum absolute atomic E-state index is 0.0798. The summed E-state index contributed by atoms with van der Waals surface area (Å²) in [5, 5.41) is 9.08. The third kappa shape index (κ3) is 6.37. The standard InChI is InChI=1S/C27H31NO5/c1-19-24(28-27(32-19)21-8-4-2-5-9-21)16-17-31-23-14-12-20(13-15-26(29)30)25(18-23)33-22-10-6-3-7-11-22/h2,4-5,8-9,12,14,18,22H,3,6-7,10-11,13,15-17H2,1H3,(H,29,30). The summed E-state index contributed by atoms with van der Waals surface area (Å²) in [4.78, 5) is 15.7. The van der Waals surface area contributed by atoms with Gasteiger partial charge in [0.2, 0.25) is 5.89 Å². The van der Waals surface area contributed by atoms with E-state index in [1.165, 1.54) is 19.3 Å². The van der Waals surface area contributed by atoms with Gasteiger partial charge in [-0.15, -0.1) is 0 Å². The molecule has 0 amide bonds. The lowest BCUT2D eigenvalue weighted by atomic mass is 9.97. The van der Waals surface area contributed by atoms with E-state index in [2.05, 4.69) is 4.98 Å². The maximum Gasteiger partial charge on any atom is 0.303 e. The molecule has 2 aromatic carbocycles. The van der Waals surface area contributed by atoms with Gasteiger partial charge in [0.1, 0.15) is 17.3 Å². The van der Waals surface area contributed by atoms with Gasteiger partial charge in [-0.1, -0.05) is 30.7 Å². The number of carboxylic acid groups (broad SMARTS) is 1. The van der Waals surface area contributed by atoms with E-state index in [0.717, 1.165) is 41.2 Å². The Bertz CT molecular complexity index is 1050. The van der Waals surface area contributed by atoms with E-state index in [1.54, 1.807) is 0 Å². The average molecular weight is 450 g/mol. The Labute approximate surface area is 194 Å². The van der Waals surface area contributed by atoms with Crippen LogP contribution >= 0.6 is 0 Å². The Balaban J connectivity index is 1.40. The minimum Gasteiger partial charge on any atom is -0.493 e. The molecule has 3 aromatic rings. The number of nitrogens with zero attached hydrogens (tertiary/aromatic N) is 1. The molecule has 6 nitrogen and oxygen atoms in total. The molecule has 0 unspecified atom stereocenters. The number of ether oxygens (including phenoxy) is 2. The van der Waals surface area contributed by atoms with Crippen LogP contribution in [0.1, 0.15) is 55.5 Å². The Hall–Kier alpha value is -3.28. The van der Waals surface area contributed by atoms with Gasteiger partial charge >= 0.3 is 5.97 Å². The first-order valence-corrected chi connectivity index (χ1v) is 11.7. The molecule has 1 aromatic heterocycles. The monoisotopic (exact) mass is 449 g/mol. The van der Waals surface area contributed by atoms with Gasteiger partial charge in [0.05, 0.1) is 18.4 Å². The first kappa shape index (κ1) is 22.9. The molecule has 0 radical (unpaired) electrons. The zero-order valence-corrected chi connectivity index (χ0v) is 19.1. The molecule has 0 atom stereocenters. The number of carbonyl (C=O) groups is 1. The van der Waals surface area contributed by atoms with Gasteiger partial charge in [0, 0.05) is 24.5 Å². The van der Waals surface area contributed by atoms with Crippen LogP contribution in [0, 0.1) is 6.92 Å². The van der Waals surface area contributed by atoms with Crippen molar-refractivity contribution in [3.63, 3.8) is 0 Å². The SMILES string of the molecule is Cc1oc(-c2ccccc2)nc1CCOc1ccc(CCC(=O)O)c(OC2CCCCC2)c1. The number of hydrogen-bond acceptors (Lipinski definition) is 5. The van der Waals surface area contributed by atoms with Crippen LogP contribution in [0.15, 0.2) is 52.9 Å². The summed E-state index contributed by atoms with van der Waals surface area (Å²) in [6.07, 6.45) is 7.02. The average Bonchev–Trinajstić information content (AvgIpc) is 3.20. The van der Waals surface area contributed by atoms with Crippen molar-refractivity contribution in [3.8, 4) is 23.0 Å². The highest BCUT2D eigenvalue weighted by molar-refractivity contribution is 5.67. The number of oxazole rings is 1. The number of hydrogen-bond donors (Lipinski definition) is 1. The fourth-order valence-electron chi connectivity index (χ4n) is 4.17. The lowest BCUT2D eigenvalue weighted by molar-refractivity contribution is -0.136. The second-order valence-electron chi connectivity index (χ2n) is 8.53. The van der Waals surface area contributed by atoms with E-state index in [4.69, 9.17) is 19.0 Å². The highest BCUT2D eigenvalue weighted by Crippen LogP contribution is 2.31. The molecule has 4 rings (SSSR count). The summed E-state index contributed by atoms with van der Waals surface area (Å²) < 4.78 is 18.1. The molecular formula is C27H31NO5.